The van der Waals surface area contributed by atoms with Gasteiger partial charge in [-0.15, -0.1) is 0 Å². The molecule has 0 fully saturated rings. The number of nitrogens with two attached hydrogens (primary N) is 1. The van der Waals surface area contributed by atoms with E-state index in [9.17, 15) is 9.59 Å². The lowest BCUT2D eigenvalue weighted by Crippen LogP contribution is -2.49. The zero-order valence-corrected chi connectivity index (χ0v) is 35.8. The first-order chi connectivity index (χ1) is 26.2. The van der Waals surface area contributed by atoms with Crippen LogP contribution in [0.15, 0.2) is 0 Å². The van der Waals surface area contributed by atoms with Gasteiger partial charge >= 0.3 is 0 Å². The first kappa shape index (κ1) is 51.8. The van der Waals surface area contributed by atoms with Crippen molar-refractivity contribution in [3.8, 4) is 0 Å². The van der Waals surface area contributed by atoms with Gasteiger partial charge in [0.15, 0.2) is 0 Å². The molecule has 0 aromatic heterocycles. The molecule has 0 aliphatic rings. The summed E-state index contributed by atoms with van der Waals surface area (Å²) in [5.41, 5.74) is 5.52. The van der Waals surface area contributed by atoms with Crippen molar-refractivity contribution in [2.75, 3.05) is 52.4 Å². The molecule has 316 valence electrons. The van der Waals surface area contributed by atoms with Gasteiger partial charge in [0.05, 0.1) is 6.54 Å². The van der Waals surface area contributed by atoms with Crippen molar-refractivity contribution >= 4 is 11.8 Å². The zero-order valence-electron chi connectivity index (χ0n) is 35.8. The molecule has 0 aliphatic carbocycles. The van der Waals surface area contributed by atoms with E-state index in [2.05, 4.69) is 40.4 Å². The Balaban J connectivity index is 4.15. The second-order valence-corrected chi connectivity index (χ2v) is 15.9. The van der Waals surface area contributed by atoms with E-state index in [1.807, 2.05) is 0 Å². The van der Waals surface area contributed by atoms with Crippen molar-refractivity contribution in [1.82, 2.24) is 26.6 Å². The van der Waals surface area contributed by atoms with Crippen LogP contribution in [-0.4, -0.2) is 70.2 Å². The van der Waals surface area contributed by atoms with Gasteiger partial charge in [-0.1, -0.05) is 181 Å². The standard InChI is InChI=1S/C45H94N6O2/c1-3-5-7-9-11-13-15-16-17-18-19-21-23-25-27-29-41-50-45(53)43(34-28-26-24-22-20-14-12-10-8-6-4-2)51-44(52)42-49-40-33-39-48-37-31-30-36-47-38-32-35-46/h43,47-49H,3-42,46H2,1-2H3,(H,50,53)(H,51,52). The van der Waals surface area contributed by atoms with Crippen LogP contribution in [-0.2, 0) is 9.59 Å². The number of carbonyl (C=O) groups is 2. The van der Waals surface area contributed by atoms with E-state index < -0.39 is 6.04 Å². The van der Waals surface area contributed by atoms with Gasteiger partial charge < -0.3 is 32.3 Å². The van der Waals surface area contributed by atoms with E-state index in [0.29, 0.717) is 6.54 Å². The van der Waals surface area contributed by atoms with Crippen LogP contribution in [0.2, 0.25) is 0 Å². The number of amides is 2. The quantitative estimate of drug-likeness (QED) is 0.0345. The second kappa shape index (κ2) is 45.2. The molecule has 7 N–H and O–H groups in total. The topological polar surface area (TPSA) is 120 Å². The maximum atomic E-state index is 13.2. The van der Waals surface area contributed by atoms with Gasteiger partial charge in [-0.05, 0) is 77.8 Å². The minimum atomic E-state index is -0.435. The van der Waals surface area contributed by atoms with Gasteiger partial charge in [-0.2, -0.15) is 0 Å². The summed E-state index contributed by atoms with van der Waals surface area (Å²) in [7, 11) is 0. The van der Waals surface area contributed by atoms with E-state index in [1.165, 1.54) is 161 Å². The summed E-state index contributed by atoms with van der Waals surface area (Å²) >= 11 is 0. The fraction of sp³-hybridized carbons (Fsp3) is 0.956. The first-order valence-electron chi connectivity index (χ1n) is 23.5. The van der Waals surface area contributed by atoms with Crippen molar-refractivity contribution in [3.63, 3.8) is 0 Å². The molecule has 0 aromatic rings. The van der Waals surface area contributed by atoms with E-state index in [1.54, 1.807) is 0 Å². The first-order valence-corrected chi connectivity index (χ1v) is 23.5. The largest absolute Gasteiger partial charge is 0.354 e. The molecule has 8 nitrogen and oxygen atoms in total. The maximum absolute atomic E-state index is 13.2. The summed E-state index contributed by atoms with van der Waals surface area (Å²) in [6.45, 7) is 11.1. The van der Waals surface area contributed by atoms with Gasteiger partial charge in [0.2, 0.25) is 11.8 Å². The highest BCUT2D eigenvalue weighted by Gasteiger charge is 2.20. The fourth-order valence-corrected chi connectivity index (χ4v) is 7.05. The summed E-state index contributed by atoms with van der Waals surface area (Å²) in [4.78, 5) is 26.0. The molecule has 0 rings (SSSR count). The highest BCUT2D eigenvalue weighted by Crippen LogP contribution is 2.15. The Bertz CT molecular complexity index is 740. The Kier molecular flexibility index (Phi) is 44.1. The minimum Gasteiger partial charge on any atom is -0.354 e. The van der Waals surface area contributed by atoms with Crippen LogP contribution < -0.4 is 32.3 Å². The van der Waals surface area contributed by atoms with E-state index >= 15 is 0 Å². The monoisotopic (exact) mass is 751 g/mol. The average Bonchev–Trinajstić information content (AvgIpc) is 3.16. The molecule has 53 heavy (non-hydrogen) atoms. The van der Waals surface area contributed by atoms with E-state index in [-0.39, 0.29) is 18.4 Å². The predicted octanol–water partition coefficient (Wildman–Crippen LogP) is 9.84. The Morgan fingerprint density at radius 1 is 0.415 bits per heavy atom. The molecule has 2 amide bonds. The van der Waals surface area contributed by atoms with Crippen LogP contribution >= 0.6 is 0 Å². The molecule has 0 spiro atoms. The van der Waals surface area contributed by atoms with Crippen molar-refractivity contribution in [2.24, 2.45) is 5.73 Å². The molecule has 8 heteroatoms. The van der Waals surface area contributed by atoms with Crippen LogP contribution in [0.3, 0.4) is 0 Å². The number of unbranched alkanes of at least 4 members (excludes halogenated alkanes) is 26. The number of nitrogens with one attached hydrogen (secondary N) is 5. The number of hydrogen-bond acceptors (Lipinski definition) is 6. The second-order valence-electron chi connectivity index (χ2n) is 15.9. The van der Waals surface area contributed by atoms with Crippen LogP contribution in [0.1, 0.15) is 219 Å². The SMILES string of the molecule is CCCCCCCCCCCCCCCCCCNC(=O)C(CCCCCCCCCCCCC)NC(=O)CNCCCNCCCCNCCCN. The van der Waals surface area contributed by atoms with Crippen LogP contribution in [0.5, 0.6) is 0 Å². The average molecular weight is 751 g/mol. The molecule has 0 heterocycles. The fourth-order valence-electron chi connectivity index (χ4n) is 7.05. The van der Waals surface area contributed by atoms with Gasteiger partial charge in [0.25, 0.3) is 0 Å². The summed E-state index contributed by atoms with van der Waals surface area (Å²) in [6.07, 6.45) is 40.7. The molecule has 1 atom stereocenters. The highest BCUT2D eigenvalue weighted by atomic mass is 16.2. The predicted molar refractivity (Wildman–Crippen MR) is 232 cm³/mol. The molecular formula is C45H94N6O2. The third-order valence-electron chi connectivity index (χ3n) is 10.6. The van der Waals surface area contributed by atoms with Gasteiger partial charge in [-0.25, -0.2) is 0 Å². The normalized spacial score (nSPS) is 12.0. The van der Waals surface area contributed by atoms with Gasteiger partial charge in [0.1, 0.15) is 6.04 Å². The van der Waals surface area contributed by atoms with Crippen LogP contribution in [0.4, 0.5) is 0 Å². The van der Waals surface area contributed by atoms with E-state index in [0.717, 1.165) is 84.2 Å². The summed E-state index contributed by atoms with van der Waals surface area (Å²) in [5, 5.41) is 16.4. The Morgan fingerprint density at radius 3 is 1.23 bits per heavy atom. The van der Waals surface area contributed by atoms with Crippen molar-refractivity contribution in [3.05, 3.63) is 0 Å². The lowest BCUT2D eigenvalue weighted by molar-refractivity contribution is -0.128. The van der Waals surface area contributed by atoms with Gasteiger partial charge in [0, 0.05) is 6.54 Å². The minimum absolute atomic E-state index is 0.00910. The number of hydrogen-bond donors (Lipinski definition) is 6. The molecule has 0 saturated heterocycles. The number of rotatable bonds is 45. The molecular weight excluding hydrogens is 657 g/mol. The number of carbonyl (C=O) groups excluding carboxylic acids is 2. The zero-order chi connectivity index (χ0) is 38.6. The smallest absolute Gasteiger partial charge is 0.242 e. The summed E-state index contributed by atoms with van der Waals surface area (Å²) in [6, 6.07) is -0.435. The van der Waals surface area contributed by atoms with Crippen molar-refractivity contribution in [1.29, 1.82) is 0 Å². The third-order valence-corrected chi connectivity index (χ3v) is 10.6. The Morgan fingerprint density at radius 2 is 0.774 bits per heavy atom. The third kappa shape index (κ3) is 41.8. The molecule has 0 bridgehead atoms. The maximum Gasteiger partial charge on any atom is 0.242 e. The van der Waals surface area contributed by atoms with Crippen molar-refractivity contribution in [2.45, 2.75) is 225 Å². The van der Waals surface area contributed by atoms with Gasteiger partial charge in [-0.3, -0.25) is 9.59 Å². The molecule has 0 saturated carbocycles. The highest BCUT2D eigenvalue weighted by molar-refractivity contribution is 5.88. The van der Waals surface area contributed by atoms with Crippen LogP contribution in [0.25, 0.3) is 0 Å². The molecule has 0 aromatic carbocycles. The summed E-state index contributed by atoms with van der Waals surface area (Å²) in [5.74, 6) is -0.0871. The molecule has 1 unspecified atom stereocenters. The van der Waals surface area contributed by atoms with E-state index in [4.69, 9.17) is 5.73 Å². The van der Waals surface area contributed by atoms with Crippen LogP contribution in [0, 0.1) is 0 Å². The Hall–Kier alpha value is -1.22. The molecule has 0 aliphatic heterocycles. The summed E-state index contributed by atoms with van der Waals surface area (Å²) < 4.78 is 0. The lowest BCUT2D eigenvalue weighted by Gasteiger charge is -2.19. The van der Waals surface area contributed by atoms with Crippen molar-refractivity contribution < 1.29 is 9.59 Å². The molecule has 0 radical (unpaired) electrons. The lowest BCUT2D eigenvalue weighted by atomic mass is 10.0. The Labute approximate surface area is 330 Å².